The van der Waals surface area contributed by atoms with Gasteiger partial charge in [-0.1, -0.05) is 11.8 Å². The van der Waals surface area contributed by atoms with E-state index in [0.717, 1.165) is 10.4 Å². The molecule has 110 valence electrons. The van der Waals surface area contributed by atoms with Crippen molar-refractivity contribution >= 4 is 17.2 Å². The van der Waals surface area contributed by atoms with Crippen molar-refractivity contribution in [2.24, 2.45) is 0 Å². The molecule has 0 bridgehead atoms. The molecular formula is C15H16N2O3S. The molecule has 0 saturated heterocycles. The van der Waals surface area contributed by atoms with Gasteiger partial charge in [0.1, 0.15) is 0 Å². The molecule has 0 aliphatic carbocycles. The maximum atomic E-state index is 12.0. The molecule has 2 aromatic heterocycles. The number of hydrogen-bond acceptors (Lipinski definition) is 5. The number of aryl methyl sites for hydroxylation is 2. The Morgan fingerprint density at radius 1 is 1.52 bits per heavy atom. The van der Waals surface area contributed by atoms with Crippen molar-refractivity contribution in [3.05, 3.63) is 39.2 Å². The van der Waals surface area contributed by atoms with Crippen molar-refractivity contribution in [1.29, 1.82) is 0 Å². The molecule has 0 aromatic carbocycles. The molecule has 2 heterocycles. The van der Waals surface area contributed by atoms with E-state index in [0.29, 0.717) is 24.6 Å². The fourth-order valence-electron chi connectivity index (χ4n) is 1.79. The molecule has 2 rings (SSSR count). The van der Waals surface area contributed by atoms with Crippen LogP contribution in [0.25, 0.3) is 0 Å². The second kappa shape index (κ2) is 7.07. The molecule has 0 aliphatic rings. The van der Waals surface area contributed by atoms with Gasteiger partial charge in [-0.05, 0) is 18.4 Å². The van der Waals surface area contributed by atoms with E-state index in [1.54, 1.807) is 13.8 Å². The Kier molecular flexibility index (Phi) is 5.14. The fourth-order valence-corrected chi connectivity index (χ4v) is 2.56. The maximum absolute atomic E-state index is 12.0. The minimum absolute atomic E-state index is 0.0489. The van der Waals surface area contributed by atoms with Crippen LogP contribution >= 0.6 is 11.3 Å². The molecule has 21 heavy (non-hydrogen) atoms. The van der Waals surface area contributed by atoms with Crippen molar-refractivity contribution in [2.45, 2.75) is 26.8 Å². The molecule has 0 fully saturated rings. The van der Waals surface area contributed by atoms with Gasteiger partial charge in [0.05, 0.1) is 18.8 Å². The first-order valence-corrected chi connectivity index (χ1v) is 7.38. The van der Waals surface area contributed by atoms with Crippen LogP contribution in [0.2, 0.25) is 0 Å². The van der Waals surface area contributed by atoms with Crippen LogP contribution < -0.4 is 5.32 Å². The summed E-state index contributed by atoms with van der Waals surface area (Å²) in [6, 6.07) is 1.90. The average molecular weight is 304 g/mol. The minimum Gasteiger partial charge on any atom is -0.436 e. The van der Waals surface area contributed by atoms with E-state index in [9.17, 15) is 4.79 Å². The van der Waals surface area contributed by atoms with Crippen LogP contribution in [0.4, 0.5) is 0 Å². The molecule has 1 amide bonds. The van der Waals surface area contributed by atoms with Gasteiger partial charge in [-0.15, -0.1) is 11.3 Å². The Morgan fingerprint density at radius 3 is 3.00 bits per heavy atom. The van der Waals surface area contributed by atoms with Crippen LogP contribution in [0, 0.1) is 25.7 Å². The molecule has 0 aliphatic heterocycles. The lowest BCUT2D eigenvalue weighted by Crippen LogP contribution is -2.22. The predicted octanol–water partition coefficient (Wildman–Crippen LogP) is 2.02. The van der Waals surface area contributed by atoms with Crippen molar-refractivity contribution in [2.75, 3.05) is 6.61 Å². The number of oxazole rings is 1. The lowest BCUT2D eigenvalue weighted by molar-refractivity contribution is 0.0921. The van der Waals surface area contributed by atoms with E-state index in [-0.39, 0.29) is 18.3 Å². The number of thiophene rings is 1. The molecule has 2 N–H and O–H groups in total. The quantitative estimate of drug-likeness (QED) is 0.847. The number of carbonyl (C=O) groups is 1. The third-order valence-electron chi connectivity index (χ3n) is 2.72. The van der Waals surface area contributed by atoms with Crippen LogP contribution in [0.5, 0.6) is 0 Å². The van der Waals surface area contributed by atoms with Crippen molar-refractivity contribution in [1.82, 2.24) is 10.3 Å². The van der Waals surface area contributed by atoms with E-state index in [1.165, 1.54) is 11.3 Å². The highest BCUT2D eigenvalue weighted by Crippen LogP contribution is 2.16. The van der Waals surface area contributed by atoms with Crippen molar-refractivity contribution < 1.29 is 14.3 Å². The largest absolute Gasteiger partial charge is 0.436 e. The summed E-state index contributed by atoms with van der Waals surface area (Å²) in [7, 11) is 0. The molecule has 6 heteroatoms. The first-order chi connectivity index (χ1) is 10.1. The summed E-state index contributed by atoms with van der Waals surface area (Å²) in [4.78, 5) is 17.1. The zero-order chi connectivity index (χ0) is 15.2. The van der Waals surface area contributed by atoms with E-state index in [4.69, 9.17) is 9.52 Å². The molecule has 0 saturated carbocycles. The summed E-state index contributed by atoms with van der Waals surface area (Å²) in [5, 5.41) is 13.5. The lowest BCUT2D eigenvalue weighted by atomic mass is 10.2. The summed E-state index contributed by atoms with van der Waals surface area (Å²) >= 11 is 1.53. The second-order valence-electron chi connectivity index (χ2n) is 4.36. The third-order valence-corrected chi connectivity index (χ3v) is 3.65. The molecule has 0 radical (unpaired) electrons. The number of nitrogens with zero attached hydrogens (tertiary/aromatic N) is 1. The van der Waals surface area contributed by atoms with Crippen molar-refractivity contribution in [3.63, 3.8) is 0 Å². The number of aliphatic hydroxyl groups excluding tert-OH is 1. The van der Waals surface area contributed by atoms with Gasteiger partial charge in [0.25, 0.3) is 5.91 Å². The van der Waals surface area contributed by atoms with Gasteiger partial charge in [-0.3, -0.25) is 4.79 Å². The van der Waals surface area contributed by atoms with Gasteiger partial charge in [-0.2, -0.15) is 0 Å². The molecular weight excluding hydrogens is 288 g/mol. The third kappa shape index (κ3) is 3.94. The summed E-state index contributed by atoms with van der Waals surface area (Å²) in [5.74, 6) is 6.30. The SMILES string of the molecule is Cc1nc(C)c(C(=O)NCc2sccc2C#CCCO)o1. The van der Waals surface area contributed by atoms with Gasteiger partial charge in [-0.25, -0.2) is 4.98 Å². The zero-order valence-corrected chi connectivity index (χ0v) is 12.7. The van der Waals surface area contributed by atoms with Gasteiger partial charge in [0, 0.05) is 23.8 Å². The molecule has 5 nitrogen and oxygen atoms in total. The number of hydrogen-bond donors (Lipinski definition) is 2. The Hall–Kier alpha value is -2.10. The first-order valence-electron chi connectivity index (χ1n) is 6.50. The standard InChI is InChI=1S/C15H16N2O3S/c1-10-14(20-11(2)17-10)15(19)16-9-13-12(6-8-21-13)5-3-4-7-18/h6,8,18H,4,7,9H2,1-2H3,(H,16,19). The van der Waals surface area contributed by atoms with E-state index < -0.39 is 0 Å². The highest BCUT2D eigenvalue weighted by molar-refractivity contribution is 7.10. The average Bonchev–Trinajstić information content (AvgIpc) is 3.03. The van der Waals surface area contributed by atoms with E-state index >= 15 is 0 Å². The molecule has 0 spiro atoms. The monoisotopic (exact) mass is 304 g/mol. The number of nitrogens with one attached hydrogen (secondary N) is 1. The number of rotatable bonds is 4. The lowest BCUT2D eigenvalue weighted by Gasteiger charge is -2.02. The van der Waals surface area contributed by atoms with E-state index in [1.807, 2.05) is 11.4 Å². The Balaban J connectivity index is 2.01. The normalized spacial score (nSPS) is 10.0. The number of aliphatic hydroxyl groups is 1. The predicted molar refractivity (Wildman–Crippen MR) is 80.0 cm³/mol. The fraction of sp³-hybridized carbons (Fsp3) is 0.333. The summed E-state index contributed by atoms with van der Waals surface area (Å²) < 4.78 is 5.28. The van der Waals surface area contributed by atoms with Crippen molar-refractivity contribution in [3.8, 4) is 11.8 Å². The molecule has 2 aromatic rings. The van der Waals surface area contributed by atoms with Crippen LogP contribution in [0.1, 0.15) is 39.0 Å². The maximum Gasteiger partial charge on any atom is 0.289 e. The second-order valence-corrected chi connectivity index (χ2v) is 5.36. The summed E-state index contributed by atoms with van der Waals surface area (Å²) in [6.07, 6.45) is 0.443. The molecule has 0 atom stereocenters. The topological polar surface area (TPSA) is 75.4 Å². The number of carbonyl (C=O) groups excluding carboxylic acids is 1. The molecule has 0 unspecified atom stereocenters. The Morgan fingerprint density at radius 2 is 2.33 bits per heavy atom. The minimum atomic E-state index is -0.282. The number of amides is 1. The van der Waals surface area contributed by atoms with Gasteiger partial charge in [0.2, 0.25) is 5.76 Å². The Bertz CT molecular complexity index is 691. The Labute approximate surface area is 127 Å². The van der Waals surface area contributed by atoms with Gasteiger partial charge < -0.3 is 14.8 Å². The van der Waals surface area contributed by atoms with E-state index in [2.05, 4.69) is 22.1 Å². The smallest absolute Gasteiger partial charge is 0.289 e. The van der Waals surface area contributed by atoms with Gasteiger partial charge in [0.15, 0.2) is 5.89 Å². The highest BCUT2D eigenvalue weighted by atomic mass is 32.1. The van der Waals surface area contributed by atoms with Crippen LogP contribution in [-0.2, 0) is 6.54 Å². The van der Waals surface area contributed by atoms with Gasteiger partial charge >= 0.3 is 0 Å². The first kappa shape index (κ1) is 15.3. The number of aromatic nitrogens is 1. The summed E-state index contributed by atoms with van der Waals surface area (Å²) in [6.45, 7) is 3.88. The van der Waals surface area contributed by atoms with Crippen LogP contribution in [0.15, 0.2) is 15.9 Å². The van der Waals surface area contributed by atoms with Crippen LogP contribution in [-0.4, -0.2) is 22.6 Å². The zero-order valence-electron chi connectivity index (χ0n) is 11.9. The summed E-state index contributed by atoms with van der Waals surface area (Å²) in [5.41, 5.74) is 1.46. The highest BCUT2D eigenvalue weighted by Gasteiger charge is 2.16. The van der Waals surface area contributed by atoms with Crippen LogP contribution in [0.3, 0.4) is 0 Å².